The van der Waals surface area contributed by atoms with Crippen molar-refractivity contribution in [3.63, 3.8) is 0 Å². The minimum Gasteiger partial charge on any atom is -0.484 e. The molecule has 0 radical (unpaired) electrons. The Labute approximate surface area is 333 Å². The van der Waals surface area contributed by atoms with Crippen molar-refractivity contribution in [3.8, 4) is 5.75 Å². The van der Waals surface area contributed by atoms with E-state index in [0.717, 1.165) is 63.2 Å². The molecule has 16 heteroatoms. The van der Waals surface area contributed by atoms with Gasteiger partial charge in [0.1, 0.15) is 5.75 Å². The molecule has 3 aromatic rings. The lowest BCUT2D eigenvalue weighted by molar-refractivity contribution is -0.143. The first kappa shape index (κ1) is 42.1. The van der Waals surface area contributed by atoms with Crippen molar-refractivity contribution in [3.05, 3.63) is 108 Å². The number of hydrogen-bond donors (Lipinski definition) is 2. The molecule has 0 aliphatic carbocycles. The number of carbonyl (C=O) groups is 4. The summed E-state index contributed by atoms with van der Waals surface area (Å²) < 4.78 is 13.5. The number of esters is 1. The summed E-state index contributed by atoms with van der Waals surface area (Å²) in [5.41, 5.74) is 2.09. The standard InChI is InChI=1S/C36H42ClN5O5S.C4H4O4/c1-23(2)47-35(45)32-24(3)38-36-42(33(32)26-7-9-27(37)10-8-26)34(44)30(48-36)21-25-5-11-29(12-6-25)46-22-31(43)41-15-13-28(14-16-41)40-19-17-39(4)18-20-40;5-3(6)1-2-4(7)8/h5-12,21,23,28,33H,13-20,22H2,1-4H3;1-2H,(H,5,6)(H,7,8)/b30-21-;2-1-. The van der Waals surface area contributed by atoms with Gasteiger partial charge < -0.3 is 29.5 Å². The summed E-state index contributed by atoms with van der Waals surface area (Å²) in [6, 6.07) is 14.3. The number of piperazine rings is 1. The number of aliphatic carboxylic acids is 2. The maximum Gasteiger partial charge on any atom is 0.338 e. The Kier molecular flexibility index (Phi) is 14.4. The van der Waals surface area contributed by atoms with E-state index in [1.807, 2.05) is 29.2 Å². The number of aromatic nitrogens is 1. The van der Waals surface area contributed by atoms with E-state index in [1.165, 1.54) is 11.3 Å². The number of likely N-dealkylation sites (N-methyl/N-ethyl adjacent to an activating group) is 1. The third-order valence-corrected chi connectivity index (χ3v) is 10.8. The van der Waals surface area contributed by atoms with Crippen molar-refractivity contribution in [1.29, 1.82) is 0 Å². The van der Waals surface area contributed by atoms with Gasteiger partial charge in [-0.2, -0.15) is 0 Å². The van der Waals surface area contributed by atoms with Crippen LogP contribution >= 0.6 is 22.9 Å². The number of carboxylic acids is 2. The third kappa shape index (κ3) is 11.0. The Morgan fingerprint density at radius 2 is 1.54 bits per heavy atom. The fourth-order valence-corrected chi connectivity index (χ4v) is 7.85. The quantitative estimate of drug-likeness (QED) is 0.228. The molecule has 1 unspecified atom stereocenters. The van der Waals surface area contributed by atoms with Crippen molar-refractivity contribution in [2.45, 2.75) is 51.8 Å². The second-order valence-corrected chi connectivity index (χ2v) is 15.4. The van der Waals surface area contributed by atoms with E-state index in [1.54, 1.807) is 55.7 Å². The van der Waals surface area contributed by atoms with Gasteiger partial charge in [-0.25, -0.2) is 19.4 Å². The Morgan fingerprint density at radius 3 is 2.11 bits per heavy atom. The number of benzene rings is 2. The molecule has 56 heavy (non-hydrogen) atoms. The normalized spacial score (nSPS) is 18.3. The zero-order valence-corrected chi connectivity index (χ0v) is 33.3. The van der Waals surface area contributed by atoms with Crippen LogP contribution in [0.15, 0.2) is 81.7 Å². The summed E-state index contributed by atoms with van der Waals surface area (Å²) in [5, 5.41) is 16.2. The number of thiazole rings is 1. The van der Waals surface area contributed by atoms with E-state index in [2.05, 4.69) is 21.8 Å². The molecule has 14 nitrogen and oxygen atoms in total. The van der Waals surface area contributed by atoms with Crippen LogP contribution < -0.4 is 19.6 Å². The number of rotatable bonds is 10. The number of amides is 1. The molecule has 298 valence electrons. The molecular weight excluding hydrogens is 762 g/mol. The van der Waals surface area contributed by atoms with Crippen LogP contribution in [-0.2, 0) is 23.9 Å². The number of hydrogen-bond acceptors (Lipinski definition) is 11. The number of piperidine rings is 1. The number of fused-ring (bicyclic) bond motifs is 1. The lowest BCUT2D eigenvalue weighted by Gasteiger charge is -2.42. The number of ether oxygens (including phenoxy) is 2. The number of allylic oxidation sites excluding steroid dienone is 1. The van der Waals surface area contributed by atoms with Crippen LogP contribution in [0, 0.1) is 0 Å². The predicted molar refractivity (Wildman–Crippen MR) is 211 cm³/mol. The second kappa shape index (κ2) is 19.2. The molecule has 2 aromatic carbocycles. The Hall–Kier alpha value is -5.09. The van der Waals surface area contributed by atoms with E-state index in [-0.39, 0.29) is 24.2 Å². The molecule has 3 aliphatic rings. The summed E-state index contributed by atoms with van der Waals surface area (Å²) in [6.07, 6.45) is 4.58. The van der Waals surface area contributed by atoms with Crippen molar-refractivity contribution in [2.75, 3.05) is 52.9 Å². The van der Waals surface area contributed by atoms with Gasteiger partial charge in [0.2, 0.25) is 0 Å². The summed E-state index contributed by atoms with van der Waals surface area (Å²) >= 11 is 7.43. The van der Waals surface area contributed by atoms with Crippen LogP contribution in [0.25, 0.3) is 6.08 Å². The first-order valence-corrected chi connectivity index (χ1v) is 19.5. The van der Waals surface area contributed by atoms with Gasteiger partial charge in [0.15, 0.2) is 11.4 Å². The van der Waals surface area contributed by atoms with Crippen molar-refractivity contribution in [2.24, 2.45) is 4.99 Å². The highest BCUT2D eigenvalue weighted by molar-refractivity contribution is 7.07. The largest absolute Gasteiger partial charge is 0.484 e. The van der Waals surface area contributed by atoms with Crippen LogP contribution in [0.5, 0.6) is 5.75 Å². The molecule has 0 bridgehead atoms. The smallest absolute Gasteiger partial charge is 0.338 e. The Bertz CT molecular complexity index is 2130. The van der Waals surface area contributed by atoms with Crippen LogP contribution in [0.1, 0.15) is 50.8 Å². The first-order chi connectivity index (χ1) is 26.7. The van der Waals surface area contributed by atoms with Gasteiger partial charge in [-0.1, -0.05) is 47.2 Å². The molecule has 2 N–H and O–H groups in total. The molecular formula is C40H46ClN5O9S. The predicted octanol–water partition coefficient (Wildman–Crippen LogP) is 3.17. The van der Waals surface area contributed by atoms with Gasteiger partial charge in [0, 0.05) is 62.5 Å². The Morgan fingerprint density at radius 1 is 0.929 bits per heavy atom. The maximum absolute atomic E-state index is 13.9. The Balaban J connectivity index is 0.000000677. The van der Waals surface area contributed by atoms with Crippen LogP contribution in [0.4, 0.5) is 0 Å². The molecule has 2 saturated heterocycles. The number of likely N-dealkylation sites (tertiary alicyclic amines) is 1. The molecule has 1 aromatic heterocycles. The van der Waals surface area contributed by atoms with Crippen LogP contribution in [0.2, 0.25) is 5.02 Å². The van der Waals surface area contributed by atoms with Crippen LogP contribution in [-0.4, -0.2) is 118 Å². The van der Waals surface area contributed by atoms with Crippen molar-refractivity contribution < 1.29 is 38.9 Å². The van der Waals surface area contributed by atoms with E-state index < -0.39 is 23.9 Å². The molecule has 6 rings (SSSR count). The lowest BCUT2D eigenvalue weighted by Crippen LogP contribution is -2.53. The van der Waals surface area contributed by atoms with Crippen molar-refractivity contribution in [1.82, 2.24) is 19.3 Å². The third-order valence-electron chi connectivity index (χ3n) is 9.55. The summed E-state index contributed by atoms with van der Waals surface area (Å²) in [6.45, 7) is 11.2. The molecule has 0 saturated carbocycles. The molecule has 0 spiro atoms. The highest BCUT2D eigenvalue weighted by atomic mass is 35.5. The van der Waals surface area contributed by atoms with E-state index in [4.69, 9.17) is 31.3 Å². The number of carboxylic acid groups (broad SMARTS) is 2. The summed E-state index contributed by atoms with van der Waals surface area (Å²) in [7, 11) is 2.17. The number of halogens is 1. The topological polar surface area (TPSA) is 171 Å². The number of carbonyl (C=O) groups excluding carboxylic acids is 2. The van der Waals surface area contributed by atoms with Gasteiger partial charge in [0.25, 0.3) is 11.5 Å². The van der Waals surface area contributed by atoms with Crippen LogP contribution in [0.3, 0.4) is 0 Å². The van der Waals surface area contributed by atoms with Crippen molar-refractivity contribution >= 4 is 52.8 Å². The number of nitrogens with zero attached hydrogens (tertiary/aromatic N) is 5. The minimum atomic E-state index is -1.26. The van der Waals surface area contributed by atoms with Gasteiger partial charge in [-0.05, 0) is 82.1 Å². The zero-order valence-electron chi connectivity index (χ0n) is 31.7. The molecule has 1 atom stereocenters. The monoisotopic (exact) mass is 807 g/mol. The highest BCUT2D eigenvalue weighted by Crippen LogP contribution is 2.31. The van der Waals surface area contributed by atoms with Gasteiger partial charge in [0.05, 0.1) is 27.9 Å². The molecule has 3 aliphatic heterocycles. The van der Waals surface area contributed by atoms with E-state index in [0.29, 0.717) is 49.6 Å². The highest BCUT2D eigenvalue weighted by Gasteiger charge is 2.34. The van der Waals surface area contributed by atoms with E-state index >= 15 is 0 Å². The zero-order chi connectivity index (χ0) is 40.5. The molecule has 4 heterocycles. The van der Waals surface area contributed by atoms with Gasteiger partial charge in [-0.3, -0.25) is 19.1 Å². The average Bonchev–Trinajstić information content (AvgIpc) is 3.47. The van der Waals surface area contributed by atoms with Gasteiger partial charge in [-0.15, -0.1) is 0 Å². The van der Waals surface area contributed by atoms with E-state index in [9.17, 15) is 24.0 Å². The molecule has 1 amide bonds. The summed E-state index contributed by atoms with van der Waals surface area (Å²) in [4.78, 5) is 71.2. The second-order valence-electron chi connectivity index (χ2n) is 13.9. The average molecular weight is 808 g/mol. The maximum atomic E-state index is 13.9. The fourth-order valence-electron chi connectivity index (χ4n) is 6.68. The fraction of sp³-hybridized carbons (Fsp3) is 0.400. The summed E-state index contributed by atoms with van der Waals surface area (Å²) in [5.74, 6) is -2.44. The lowest BCUT2D eigenvalue weighted by atomic mass is 9.96. The SMILES string of the molecule is CC1=C(C(=O)OC(C)C)C(c2ccc(Cl)cc2)n2c(s/c(=C\c3ccc(OCC(=O)N4CCC(N5CCN(C)CC5)CC4)cc3)c2=O)=N1.O=C(O)/C=C\C(=O)O. The minimum absolute atomic E-state index is 0.000747. The first-order valence-electron chi connectivity index (χ1n) is 18.3. The molecule has 2 fully saturated rings. The van der Waals surface area contributed by atoms with Gasteiger partial charge >= 0.3 is 17.9 Å².